The van der Waals surface area contributed by atoms with Gasteiger partial charge in [0.1, 0.15) is 0 Å². The Hall–Kier alpha value is -0.160. The van der Waals surface area contributed by atoms with E-state index < -0.39 is 0 Å². The fourth-order valence-electron chi connectivity index (χ4n) is 4.06. The monoisotopic (exact) mass is 253 g/mol. The van der Waals surface area contributed by atoms with E-state index in [2.05, 4.69) is 15.1 Å². The van der Waals surface area contributed by atoms with Crippen molar-refractivity contribution >= 4 is 0 Å². The summed E-state index contributed by atoms with van der Waals surface area (Å²) in [6.45, 7) is 7.31. The van der Waals surface area contributed by atoms with Gasteiger partial charge in [-0.3, -0.25) is 4.90 Å². The molecule has 0 radical (unpaired) electrons. The molecule has 0 aliphatic carbocycles. The molecule has 4 aliphatic heterocycles. The molecular formula is C14H27N3O. The summed E-state index contributed by atoms with van der Waals surface area (Å²) in [6.07, 6.45) is 5.36. The van der Waals surface area contributed by atoms with Crippen molar-refractivity contribution in [3.63, 3.8) is 0 Å². The SMILES string of the molecule is OCCN(CC1CCCN1)C1CN2CCC1CC2. The van der Waals surface area contributed by atoms with E-state index in [4.69, 9.17) is 0 Å². The number of aliphatic hydroxyl groups excluding tert-OH is 1. The van der Waals surface area contributed by atoms with Crippen LogP contribution in [0.15, 0.2) is 0 Å². The van der Waals surface area contributed by atoms with Crippen LogP contribution in [0.25, 0.3) is 0 Å². The van der Waals surface area contributed by atoms with Crippen molar-refractivity contribution < 1.29 is 5.11 Å². The van der Waals surface area contributed by atoms with Crippen LogP contribution in [0.5, 0.6) is 0 Å². The maximum absolute atomic E-state index is 9.34. The molecule has 2 N–H and O–H groups in total. The number of piperidine rings is 3. The zero-order valence-electron chi connectivity index (χ0n) is 11.4. The lowest BCUT2D eigenvalue weighted by atomic mass is 9.83. The van der Waals surface area contributed by atoms with Crippen LogP contribution < -0.4 is 5.32 Å². The minimum atomic E-state index is 0.302. The molecule has 4 heteroatoms. The summed E-state index contributed by atoms with van der Waals surface area (Å²) in [5, 5.41) is 12.9. The van der Waals surface area contributed by atoms with Crippen LogP contribution in [0.1, 0.15) is 25.7 Å². The molecule has 4 heterocycles. The fraction of sp³-hybridized carbons (Fsp3) is 1.00. The molecule has 0 aromatic carbocycles. The third kappa shape index (κ3) is 2.72. The zero-order chi connectivity index (χ0) is 12.4. The molecule has 4 aliphatic rings. The van der Waals surface area contributed by atoms with Gasteiger partial charge in [0.2, 0.25) is 0 Å². The molecule has 0 aromatic rings. The molecule has 2 atom stereocenters. The number of aliphatic hydroxyl groups is 1. The van der Waals surface area contributed by atoms with Crippen LogP contribution in [-0.2, 0) is 0 Å². The highest BCUT2D eigenvalue weighted by molar-refractivity contribution is 4.93. The maximum Gasteiger partial charge on any atom is 0.0558 e. The third-order valence-corrected chi connectivity index (χ3v) is 5.10. The van der Waals surface area contributed by atoms with Gasteiger partial charge >= 0.3 is 0 Å². The zero-order valence-corrected chi connectivity index (χ0v) is 11.4. The van der Waals surface area contributed by atoms with E-state index in [9.17, 15) is 5.11 Å². The Labute approximate surface area is 110 Å². The predicted molar refractivity (Wildman–Crippen MR) is 72.6 cm³/mol. The lowest BCUT2D eigenvalue weighted by Crippen LogP contribution is -2.59. The Bertz CT molecular complexity index is 260. The molecule has 0 amide bonds. The molecule has 2 unspecified atom stereocenters. The Kier molecular flexibility index (Phi) is 4.19. The molecule has 4 rings (SSSR count). The van der Waals surface area contributed by atoms with Gasteiger partial charge in [-0.15, -0.1) is 0 Å². The highest BCUT2D eigenvalue weighted by atomic mass is 16.3. The van der Waals surface area contributed by atoms with Crippen molar-refractivity contribution in [3.8, 4) is 0 Å². The van der Waals surface area contributed by atoms with Crippen LogP contribution in [0.2, 0.25) is 0 Å². The van der Waals surface area contributed by atoms with E-state index in [1.54, 1.807) is 0 Å². The number of nitrogens with zero attached hydrogens (tertiary/aromatic N) is 2. The van der Waals surface area contributed by atoms with E-state index >= 15 is 0 Å². The van der Waals surface area contributed by atoms with Gasteiger partial charge in [0.15, 0.2) is 0 Å². The van der Waals surface area contributed by atoms with Crippen LogP contribution in [0.3, 0.4) is 0 Å². The van der Waals surface area contributed by atoms with Gasteiger partial charge in [-0.05, 0) is 51.2 Å². The average Bonchev–Trinajstić information content (AvgIpc) is 2.92. The van der Waals surface area contributed by atoms with Crippen molar-refractivity contribution in [2.24, 2.45) is 5.92 Å². The summed E-state index contributed by atoms with van der Waals surface area (Å²) in [4.78, 5) is 5.18. The highest BCUT2D eigenvalue weighted by Crippen LogP contribution is 2.31. The third-order valence-electron chi connectivity index (χ3n) is 5.10. The minimum absolute atomic E-state index is 0.302. The van der Waals surface area contributed by atoms with Crippen LogP contribution in [-0.4, -0.2) is 72.9 Å². The number of hydrogen-bond acceptors (Lipinski definition) is 4. The van der Waals surface area contributed by atoms with Gasteiger partial charge in [0.25, 0.3) is 0 Å². The van der Waals surface area contributed by atoms with E-state index in [0.717, 1.165) is 19.0 Å². The van der Waals surface area contributed by atoms with Crippen molar-refractivity contribution in [1.82, 2.24) is 15.1 Å². The van der Waals surface area contributed by atoms with Gasteiger partial charge in [-0.1, -0.05) is 0 Å². The quantitative estimate of drug-likeness (QED) is 0.730. The van der Waals surface area contributed by atoms with Gasteiger partial charge in [-0.2, -0.15) is 0 Å². The molecular weight excluding hydrogens is 226 g/mol. The number of fused-ring (bicyclic) bond motifs is 3. The van der Waals surface area contributed by atoms with Crippen molar-refractivity contribution in [3.05, 3.63) is 0 Å². The summed E-state index contributed by atoms with van der Waals surface area (Å²) >= 11 is 0. The number of nitrogens with one attached hydrogen (secondary N) is 1. The second-order valence-corrected chi connectivity index (χ2v) is 6.22. The number of rotatable bonds is 5. The smallest absolute Gasteiger partial charge is 0.0558 e. The minimum Gasteiger partial charge on any atom is -0.395 e. The maximum atomic E-state index is 9.34. The molecule has 2 bridgehead atoms. The molecule has 18 heavy (non-hydrogen) atoms. The van der Waals surface area contributed by atoms with Crippen molar-refractivity contribution in [1.29, 1.82) is 0 Å². The lowest BCUT2D eigenvalue weighted by molar-refractivity contribution is -0.00395. The normalized spacial score (nSPS) is 39.7. The topological polar surface area (TPSA) is 38.7 Å². The summed E-state index contributed by atoms with van der Waals surface area (Å²) in [5.74, 6) is 0.878. The van der Waals surface area contributed by atoms with Crippen LogP contribution in [0, 0.1) is 5.92 Å². The first-order valence-corrected chi connectivity index (χ1v) is 7.67. The summed E-state index contributed by atoms with van der Waals surface area (Å²) < 4.78 is 0. The Morgan fingerprint density at radius 2 is 2.06 bits per heavy atom. The average molecular weight is 253 g/mol. The first-order valence-electron chi connectivity index (χ1n) is 7.67. The molecule has 4 saturated heterocycles. The second kappa shape index (κ2) is 5.87. The Morgan fingerprint density at radius 1 is 1.22 bits per heavy atom. The van der Waals surface area contributed by atoms with Gasteiger partial charge in [-0.25, -0.2) is 0 Å². The molecule has 4 nitrogen and oxygen atoms in total. The summed E-state index contributed by atoms with van der Waals surface area (Å²) in [6, 6.07) is 1.36. The van der Waals surface area contributed by atoms with Gasteiger partial charge in [0.05, 0.1) is 6.61 Å². The Morgan fingerprint density at radius 3 is 2.61 bits per heavy atom. The standard InChI is InChI=1S/C14H27N3O/c18-9-8-17(10-13-2-1-5-15-13)14-11-16-6-3-12(14)4-7-16/h12-15,18H,1-11H2. The van der Waals surface area contributed by atoms with Gasteiger partial charge < -0.3 is 15.3 Å². The summed E-state index contributed by atoms with van der Waals surface area (Å²) in [5.41, 5.74) is 0. The fourth-order valence-corrected chi connectivity index (χ4v) is 4.06. The molecule has 104 valence electrons. The number of hydrogen-bond donors (Lipinski definition) is 2. The van der Waals surface area contributed by atoms with Crippen molar-refractivity contribution in [2.45, 2.75) is 37.8 Å². The molecule has 0 aromatic heterocycles. The highest BCUT2D eigenvalue weighted by Gasteiger charge is 2.37. The largest absolute Gasteiger partial charge is 0.395 e. The van der Waals surface area contributed by atoms with Crippen molar-refractivity contribution in [2.75, 3.05) is 45.9 Å². The van der Waals surface area contributed by atoms with E-state index in [1.165, 1.54) is 51.9 Å². The molecule has 0 saturated carbocycles. The van der Waals surface area contributed by atoms with Gasteiger partial charge in [0, 0.05) is 31.7 Å². The van der Waals surface area contributed by atoms with E-state index in [1.807, 2.05) is 0 Å². The van der Waals surface area contributed by atoms with Crippen LogP contribution >= 0.6 is 0 Å². The lowest BCUT2D eigenvalue weighted by Gasteiger charge is -2.49. The first-order chi connectivity index (χ1) is 8.86. The molecule has 4 fully saturated rings. The summed E-state index contributed by atoms with van der Waals surface area (Å²) in [7, 11) is 0. The molecule has 0 spiro atoms. The van der Waals surface area contributed by atoms with Crippen LogP contribution in [0.4, 0.5) is 0 Å². The predicted octanol–water partition coefficient (Wildman–Crippen LogP) is 0.127. The van der Waals surface area contributed by atoms with E-state index in [0.29, 0.717) is 18.7 Å². The first kappa shape index (κ1) is 12.9. The second-order valence-electron chi connectivity index (χ2n) is 6.22. The Balaban J connectivity index is 1.61. The van der Waals surface area contributed by atoms with E-state index in [-0.39, 0.29) is 0 Å².